The zero-order valence-electron chi connectivity index (χ0n) is 20.0. The van der Waals surface area contributed by atoms with Crippen LogP contribution in [0.3, 0.4) is 0 Å². The normalized spacial score (nSPS) is 12.5. The molecule has 9 heteroatoms. The van der Waals surface area contributed by atoms with Gasteiger partial charge in [-0.15, -0.1) is 0 Å². The fraction of sp³-hybridized carbons (Fsp3) is 0.231. The van der Waals surface area contributed by atoms with Crippen LogP contribution in [0.25, 0.3) is 10.9 Å². The number of fused-ring (bicyclic) bond motifs is 1. The molecule has 0 spiro atoms. The maximum Gasteiger partial charge on any atom is 0.243 e. The Kier molecular flexibility index (Phi) is 7.00. The maximum atomic E-state index is 14.7. The van der Waals surface area contributed by atoms with Gasteiger partial charge < -0.3 is 19.4 Å². The molecule has 4 aromatic rings. The summed E-state index contributed by atoms with van der Waals surface area (Å²) in [6.07, 6.45) is 1.89. The van der Waals surface area contributed by atoms with Gasteiger partial charge in [0.25, 0.3) is 0 Å². The van der Waals surface area contributed by atoms with Crippen LogP contribution >= 0.6 is 0 Å². The highest BCUT2D eigenvalue weighted by molar-refractivity contribution is 7.89. The van der Waals surface area contributed by atoms with Gasteiger partial charge in [-0.1, -0.05) is 30.3 Å². The summed E-state index contributed by atoms with van der Waals surface area (Å²) in [4.78, 5) is 4.75. The van der Waals surface area contributed by atoms with Crippen molar-refractivity contribution in [2.24, 2.45) is 0 Å². The molecule has 2 N–H and O–H groups in total. The Bertz CT molecular complexity index is 1430. The topological polar surface area (TPSA) is 83.7 Å². The van der Waals surface area contributed by atoms with Crippen molar-refractivity contribution in [3.63, 3.8) is 0 Å². The van der Waals surface area contributed by atoms with E-state index in [1.54, 1.807) is 0 Å². The molecule has 35 heavy (non-hydrogen) atoms. The van der Waals surface area contributed by atoms with Gasteiger partial charge in [-0.25, -0.2) is 17.5 Å². The number of aromatic amines is 1. The number of hydrogen-bond acceptors (Lipinski definition) is 5. The van der Waals surface area contributed by atoms with E-state index in [1.807, 2.05) is 73.7 Å². The molecule has 0 radical (unpaired) electrons. The number of rotatable bonds is 9. The second-order valence-corrected chi connectivity index (χ2v) is 10.1. The summed E-state index contributed by atoms with van der Waals surface area (Å²) in [5.74, 6) is -1.00. The lowest BCUT2D eigenvalue weighted by atomic mass is 9.91. The van der Waals surface area contributed by atoms with Crippen molar-refractivity contribution < 1.29 is 22.3 Å². The van der Waals surface area contributed by atoms with Gasteiger partial charge in [-0.3, -0.25) is 0 Å². The number of para-hydroxylation sites is 1. The minimum Gasteiger partial charge on any atom is -0.493 e. The van der Waals surface area contributed by atoms with Crippen molar-refractivity contribution in [2.75, 3.05) is 39.8 Å². The van der Waals surface area contributed by atoms with Gasteiger partial charge >= 0.3 is 0 Å². The average Bonchev–Trinajstić information content (AvgIpc) is 3.28. The van der Waals surface area contributed by atoms with Gasteiger partial charge in [0, 0.05) is 61.5 Å². The molecule has 0 bridgehead atoms. The van der Waals surface area contributed by atoms with Gasteiger partial charge in [0.05, 0.1) is 14.2 Å². The molecule has 0 amide bonds. The molecule has 3 aromatic carbocycles. The highest BCUT2D eigenvalue weighted by atomic mass is 32.2. The third-order valence-corrected chi connectivity index (χ3v) is 7.45. The van der Waals surface area contributed by atoms with Crippen LogP contribution < -0.4 is 19.1 Å². The molecule has 1 atom stereocenters. The van der Waals surface area contributed by atoms with Gasteiger partial charge in [-0.2, -0.15) is 0 Å². The number of halogens is 1. The second-order valence-electron chi connectivity index (χ2n) is 8.32. The Morgan fingerprint density at radius 1 is 1.00 bits per heavy atom. The number of sulfonamides is 1. The van der Waals surface area contributed by atoms with E-state index >= 15 is 0 Å². The number of hydrogen-bond donors (Lipinski definition) is 2. The Labute approximate surface area is 204 Å². The van der Waals surface area contributed by atoms with Crippen molar-refractivity contribution in [3.8, 4) is 11.5 Å². The molecule has 0 aliphatic heterocycles. The van der Waals surface area contributed by atoms with E-state index in [0.717, 1.165) is 39.8 Å². The van der Waals surface area contributed by atoms with Crippen LogP contribution in [0.4, 0.5) is 10.1 Å². The minimum absolute atomic E-state index is 0.0271. The summed E-state index contributed by atoms with van der Waals surface area (Å²) in [6, 6.07) is 17.9. The first kappa shape index (κ1) is 24.6. The van der Waals surface area contributed by atoms with E-state index in [9.17, 15) is 12.8 Å². The molecular formula is C26H28FN3O4S. The number of methoxy groups -OCH3 is 2. The van der Waals surface area contributed by atoms with Crippen LogP contribution in [-0.4, -0.2) is 48.3 Å². The lowest BCUT2D eigenvalue weighted by Crippen LogP contribution is -2.29. The Hall–Kier alpha value is -3.56. The summed E-state index contributed by atoms with van der Waals surface area (Å²) < 4.78 is 53.9. The maximum absolute atomic E-state index is 14.7. The first-order valence-electron chi connectivity index (χ1n) is 11.0. The average molecular weight is 498 g/mol. The quantitative estimate of drug-likeness (QED) is 0.356. The van der Waals surface area contributed by atoms with Gasteiger partial charge in [0.15, 0.2) is 11.5 Å². The van der Waals surface area contributed by atoms with Crippen molar-refractivity contribution in [2.45, 2.75) is 10.8 Å². The monoisotopic (exact) mass is 497 g/mol. The lowest BCUT2D eigenvalue weighted by Gasteiger charge is -2.20. The standard InChI is InChI=1S/C26H28FN3O4S/c1-30(2)18-11-9-17(10-12-18)20(21-15-28-23-8-6-5-7-19(21)23)16-29-35(31,32)26-14-25(34-4)24(33-3)13-22(26)27/h5-15,20,28-29H,16H2,1-4H3/t20-/m0/s1. The fourth-order valence-corrected chi connectivity index (χ4v) is 5.23. The smallest absolute Gasteiger partial charge is 0.243 e. The molecule has 184 valence electrons. The zero-order chi connectivity index (χ0) is 25.2. The Morgan fingerprint density at radius 3 is 2.31 bits per heavy atom. The number of benzene rings is 3. The van der Waals surface area contributed by atoms with E-state index in [4.69, 9.17) is 9.47 Å². The number of anilines is 1. The molecule has 1 heterocycles. The third kappa shape index (κ3) is 4.96. The van der Waals surface area contributed by atoms with Crippen LogP contribution in [0.2, 0.25) is 0 Å². The molecule has 0 fully saturated rings. The first-order chi connectivity index (χ1) is 16.7. The lowest BCUT2D eigenvalue weighted by molar-refractivity contribution is 0.350. The molecule has 0 aliphatic carbocycles. The molecule has 0 saturated heterocycles. The van der Waals surface area contributed by atoms with Crippen molar-refractivity contribution >= 4 is 26.6 Å². The summed E-state index contributed by atoms with van der Waals surface area (Å²) in [7, 11) is 2.44. The second kappa shape index (κ2) is 9.97. The van der Waals surface area contributed by atoms with Gasteiger partial charge in [-0.05, 0) is 29.3 Å². The first-order valence-corrected chi connectivity index (χ1v) is 12.5. The summed E-state index contributed by atoms with van der Waals surface area (Å²) >= 11 is 0. The van der Waals surface area contributed by atoms with E-state index in [0.29, 0.717) is 0 Å². The minimum atomic E-state index is -4.20. The predicted molar refractivity (Wildman–Crippen MR) is 136 cm³/mol. The highest BCUT2D eigenvalue weighted by Gasteiger charge is 2.26. The van der Waals surface area contributed by atoms with Crippen LogP contribution in [0.1, 0.15) is 17.0 Å². The number of H-pyrrole nitrogens is 1. The van der Waals surface area contributed by atoms with Crippen LogP contribution in [-0.2, 0) is 10.0 Å². The molecule has 0 aliphatic rings. The third-order valence-electron chi connectivity index (χ3n) is 6.01. The number of ether oxygens (including phenoxy) is 2. The van der Waals surface area contributed by atoms with Gasteiger partial charge in [0.2, 0.25) is 10.0 Å². The van der Waals surface area contributed by atoms with E-state index in [2.05, 4.69) is 9.71 Å². The molecule has 0 saturated carbocycles. The molecule has 7 nitrogen and oxygen atoms in total. The number of aromatic nitrogens is 1. The Balaban J connectivity index is 1.71. The fourth-order valence-electron chi connectivity index (χ4n) is 4.11. The van der Waals surface area contributed by atoms with E-state index < -0.39 is 20.7 Å². The molecular weight excluding hydrogens is 469 g/mol. The van der Waals surface area contributed by atoms with Crippen LogP contribution in [0.5, 0.6) is 11.5 Å². The SMILES string of the molecule is COc1cc(F)c(S(=O)(=O)NC[C@@H](c2ccc(N(C)C)cc2)c2c[nH]c3ccccc23)cc1OC. The van der Waals surface area contributed by atoms with Crippen LogP contribution in [0.15, 0.2) is 71.8 Å². The molecule has 1 aromatic heterocycles. The highest BCUT2D eigenvalue weighted by Crippen LogP contribution is 2.34. The zero-order valence-corrected chi connectivity index (χ0v) is 20.8. The number of nitrogens with zero attached hydrogens (tertiary/aromatic N) is 1. The summed E-state index contributed by atoms with van der Waals surface area (Å²) in [5.41, 5.74) is 3.84. The predicted octanol–water partition coefficient (Wildman–Crippen LogP) is 4.50. The van der Waals surface area contributed by atoms with E-state index in [1.165, 1.54) is 14.2 Å². The molecule has 4 rings (SSSR count). The van der Waals surface area contributed by atoms with E-state index in [-0.39, 0.29) is 24.0 Å². The number of nitrogens with one attached hydrogen (secondary N) is 2. The molecule has 0 unspecified atom stereocenters. The Morgan fingerprint density at radius 2 is 1.66 bits per heavy atom. The summed E-state index contributed by atoms with van der Waals surface area (Å²) in [5, 5.41) is 0.991. The van der Waals surface area contributed by atoms with Crippen molar-refractivity contribution in [3.05, 3.63) is 83.8 Å². The van der Waals surface area contributed by atoms with Crippen LogP contribution in [0, 0.1) is 5.82 Å². The van der Waals surface area contributed by atoms with Gasteiger partial charge in [0.1, 0.15) is 10.7 Å². The van der Waals surface area contributed by atoms with Crippen molar-refractivity contribution in [1.29, 1.82) is 0 Å². The van der Waals surface area contributed by atoms with Crippen molar-refractivity contribution in [1.82, 2.24) is 9.71 Å². The largest absolute Gasteiger partial charge is 0.493 e. The summed E-state index contributed by atoms with van der Waals surface area (Å²) in [6.45, 7) is 0.0271.